The molecule has 2 aromatic carbocycles. The fourth-order valence-electron chi connectivity index (χ4n) is 2.16. The van der Waals surface area contributed by atoms with Gasteiger partial charge in [0.15, 0.2) is 5.11 Å². The van der Waals surface area contributed by atoms with E-state index in [-0.39, 0.29) is 0 Å². The Hall–Kier alpha value is -1.62. The number of nitrogens with one attached hydrogen (secondary N) is 2. The summed E-state index contributed by atoms with van der Waals surface area (Å²) in [5, 5.41) is 7.67. The molecule has 0 spiro atoms. The molecule has 2 aromatic rings. The summed E-state index contributed by atoms with van der Waals surface area (Å²) in [5.74, 6) is 0. The Morgan fingerprint density at radius 2 is 1.74 bits per heavy atom. The summed E-state index contributed by atoms with van der Waals surface area (Å²) in [6, 6.07) is 14.3. The van der Waals surface area contributed by atoms with E-state index in [4.69, 9.17) is 23.8 Å². The van der Waals surface area contributed by atoms with Crippen LogP contribution < -0.4 is 10.6 Å². The lowest BCUT2D eigenvalue weighted by Gasteiger charge is -2.12. The zero-order valence-corrected chi connectivity index (χ0v) is 15.3. The van der Waals surface area contributed by atoms with Gasteiger partial charge in [-0.25, -0.2) is 0 Å². The molecule has 122 valence electrons. The number of thiocarbonyl (C=S) groups is 1. The van der Waals surface area contributed by atoms with Crippen molar-refractivity contribution in [1.82, 2.24) is 10.2 Å². The van der Waals surface area contributed by atoms with Crippen LogP contribution in [0.2, 0.25) is 5.02 Å². The van der Waals surface area contributed by atoms with Crippen molar-refractivity contribution < 1.29 is 0 Å². The summed E-state index contributed by atoms with van der Waals surface area (Å²) in [7, 11) is 4.13. The van der Waals surface area contributed by atoms with Gasteiger partial charge < -0.3 is 15.5 Å². The zero-order chi connectivity index (χ0) is 16.8. The largest absolute Gasteiger partial charge is 0.358 e. The molecule has 0 aliphatic carbocycles. The average Bonchev–Trinajstić information content (AvgIpc) is 2.50. The van der Waals surface area contributed by atoms with Crippen LogP contribution in [0.5, 0.6) is 0 Å². The monoisotopic (exact) mass is 347 g/mol. The quantitative estimate of drug-likeness (QED) is 0.793. The van der Waals surface area contributed by atoms with E-state index < -0.39 is 0 Å². The summed E-state index contributed by atoms with van der Waals surface area (Å²) in [4.78, 5) is 2.15. The number of anilines is 1. The first-order chi connectivity index (χ1) is 10.9. The van der Waals surface area contributed by atoms with Crippen LogP contribution in [0.25, 0.3) is 0 Å². The summed E-state index contributed by atoms with van der Waals surface area (Å²) in [6.07, 6.45) is 0. The highest BCUT2D eigenvalue weighted by atomic mass is 35.5. The van der Waals surface area contributed by atoms with Crippen LogP contribution in [0.4, 0.5) is 5.69 Å². The van der Waals surface area contributed by atoms with E-state index in [2.05, 4.69) is 53.9 Å². The molecule has 0 bridgehead atoms. The van der Waals surface area contributed by atoms with Crippen LogP contribution in [-0.4, -0.2) is 24.1 Å². The molecule has 0 saturated heterocycles. The van der Waals surface area contributed by atoms with Crippen LogP contribution in [0, 0.1) is 6.92 Å². The number of hydrogen-bond donors (Lipinski definition) is 2. The van der Waals surface area contributed by atoms with Crippen LogP contribution in [-0.2, 0) is 13.1 Å². The molecule has 0 radical (unpaired) electrons. The molecular formula is C18H22ClN3S. The highest BCUT2D eigenvalue weighted by Gasteiger charge is 2.01. The lowest BCUT2D eigenvalue weighted by molar-refractivity contribution is 0.402. The molecule has 0 aromatic heterocycles. The van der Waals surface area contributed by atoms with E-state index in [1.165, 1.54) is 11.1 Å². The maximum Gasteiger partial charge on any atom is 0.171 e. The Morgan fingerprint density at radius 3 is 2.35 bits per heavy atom. The number of halogens is 1. The minimum Gasteiger partial charge on any atom is -0.358 e. The molecule has 3 nitrogen and oxygen atoms in total. The van der Waals surface area contributed by atoms with Crippen molar-refractivity contribution >= 4 is 34.6 Å². The SMILES string of the molecule is Cc1ccc(NC(=S)NCc2ccc(CN(C)C)cc2)cc1Cl. The first kappa shape index (κ1) is 17.7. The predicted octanol–water partition coefficient (Wildman–Crippen LogP) is 4.20. The van der Waals surface area contributed by atoms with Gasteiger partial charge >= 0.3 is 0 Å². The molecule has 2 rings (SSSR count). The highest BCUT2D eigenvalue weighted by molar-refractivity contribution is 7.80. The van der Waals surface area contributed by atoms with Gasteiger partial charge in [-0.3, -0.25) is 0 Å². The van der Waals surface area contributed by atoms with E-state index >= 15 is 0 Å². The third-order valence-electron chi connectivity index (χ3n) is 3.40. The third kappa shape index (κ3) is 5.82. The van der Waals surface area contributed by atoms with Gasteiger partial charge in [0.2, 0.25) is 0 Å². The van der Waals surface area contributed by atoms with Gasteiger partial charge in [0, 0.05) is 23.8 Å². The molecule has 0 aliphatic heterocycles. The smallest absolute Gasteiger partial charge is 0.171 e. The fourth-order valence-corrected chi connectivity index (χ4v) is 2.53. The number of aryl methyl sites for hydroxylation is 1. The maximum absolute atomic E-state index is 6.11. The number of nitrogens with zero attached hydrogens (tertiary/aromatic N) is 1. The molecule has 2 N–H and O–H groups in total. The minimum atomic E-state index is 0.585. The van der Waals surface area contributed by atoms with Gasteiger partial charge in [0.05, 0.1) is 0 Å². The fraction of sp³-hybridized carbons (Fsp3) is 0.278. The van der Waals surface area contributed by atoms with E-state index in [0.29, 0.717) is 11.7 Å². The molecule has 0 aliphatic rings. The first-order valence-electron chi connectivity index (χ1n) is 7.47. The number of rotatable bonds is 5. The lowest BCUT2D eigenvalue weighted by atomic mass is 10.1. The summed E-state index contributed by atoms with van der Waals surface area (Å²) in [6.45, 7) is 3.61. The van der Waals surface area contributed by atoms with Crippen LogP contribution in [0.1, 0.15) is 16.7 Å². The van der Waals surface area contributed by atoms with Crippen molar-refractivity contribution in [3.8, 4) is 0 Å². The molecule has 5 heteroatoms. The molecule has 23 heavy (non-hydrogen) atoms. The average molecular weight is 348 g/mol. The predicted molar refractivity (Wildman–Crippen MR) is 103 cm³/mol. The Bertz CT molecular complexity index is 668. The second-order valence-electron chi connectivity index (χ2n) is 5.83. The lowest BCUT2D eigenvalue weighted by Crippen LogP contribution is -2.27. The second-order valence-corrected chi connectivity index (χ2v) is 6.64. The normalized spacial score (nSPS) is 10.7. The van der Waals surface area contributed by atoms with Crippen molar-refractivity contribution in [2.45, 2.75) is 20.0 Å². The Kier molecular flexibility index (Phi) is 6.39. The van der Waals surface area contributed by atoms with Crippen molar-refractivity contribution in [2.24, 2.45) is 0 Å². The summed E-state index contributed by atoms with van der Waals surface area (Å²) < 4.78 is 0. The molecule has 0 atom stereocenters. The molecule has 0 saturated carbocycles. The minimum absolute atomic E-state index is 0.585. The van der Waals surface area contributed by atoms with Crippen molar-refractivity contribution in [3.63, 3.8) is 0 Å². The van der Waals surface area contributed by atoms with Gasteiger partial charge in [-0.15, -0.1) is 0 Å². The molecule has 0 unspecified atom stereocenters. The van der Waals surface area contributed by atoms with Crippen molar-refractivity contribution in [2.75, 3.05) is 19.4 Å². The van der Waals surface area contributed by atoms with Crippen molar-refractivity contribution in [1.29, 1.82) is 0 Å². The van der Waals surface area contributed by atoms with Crippen LogP contribution >= 0.6 is 23.8 Å². The number of hydrogen-bond acceptors (Lipinski definition) is 2. The Labute approximate surface area is 148 Å². The van der Waals surface area contributed by atoms with Gasteiger partial charge in [0.1, 0.15) is 0 Å². The molecule has 0 fully saturated rings. The Morgan fingerprint density at radius 1 is 1.09 bits per heavy atom. The molecule has 0 amide bonds. The highest BCUT2D eigenvalue weighted by Crippen LogP contribution is 2.19. The van der Waals surface area contributed by atoms with E-state index in [9.17, 15) is 0 Å². The maximum atomic E-state index is 6.11. The third-order valence-corrected chi connectivity index (χ3v) is 4.06. The van der Waals surface area contributed by atoms with Gasteiger partial charge in [-0.2, -0.15) is 0 Å². The number of benzene rings is 2. The van der Waals surface area contributed by atoms with E-state index in [1.807, 2.05) is 25.1 Å². The van der Waals surface area contributed by atoms with E-state index in [0.717, 1.165) is 22.8 Å². The topological polar surface area (TPSA) is 27.3 Å². The summed E-state index contributed by atoms with van der Waals surface area (Å²) >= 11 is 11.4. The zero-order valence-electron chi connectivity index (χ0n) is 13.7. The molecule has 0 heterocycles. The van der Waals surface area contributed by atoms with Gasteiger partial charge in [0.25, 0.3) is 0 Å². The van der Waals surface area contributed by atoms with E-state index in [1.54, 1.807) is 0 Å². The van der Waals surface area contributed by atoms with Crippen LogP contribution in [0.15, 0.2) is 42.5 Å². The first-order valence-corrected chi connectivity index (χ1v) is 8.26. The van der Waals surface area contributed by atoms with Gasteiger partial charge in [-0.05, 0) is 62.1 Å². The summed E-state index contributed by atoms with van der Waals surface area (Å²) in [5.41, 5.74) is 4.43. The standard InChI is InChI=1S/C18H22ClN3S/c1-13-4-9-16(10-17(13)19)21-18(23)20-11-14-5-7-15(8-6-14)12-22(2)3/h4-10H,11-12H2,1-3H3,(H2,20,21,23). The van der Waals surface area contributed by atoms with Crippen LogP contribution in [0.3, 0.4) is 0 Å². The second kappa shape index (κ2) is 8.29. The van der Waals surface area contributed by atoms with Gasteiger partial charge in [-0.1, -0.05) is 41.9 Å². The van der Waals surface area contributed by atoms with Crippen molar-refractivity contribution in [3.05, 3.63) is 64.2 Å². The Balaban J connectivity index is 1.85. The molecular weight excluding hydrogens is 326 g/mol.